The second-order valence-electron chi connectivity index (χ2n) is 10.5. The highest BCUT2D eigenvalue weighted by atomic mass is 19.4. The van der Waals surface area contributed by atoms with Gasteiger partial charge < -0.3 is 25.0 Å². The van der Waals surface area contributed by atoms with Crippen LogP contribution >= 0.6 is 0 Å². The van der Waals surface area contributed by atoms with Gasteiger partial charge in [-0.3, -0.25) is 9.59 Å². The largest absolute Gasteiger partial charge is 0.417 e. The number of piperidine rings is 1. The van der Waals surface area contributed by atoms with E-state index in [-0.39, 0.29) is 23.8 Å². The van der Waals surface area contributed by atoms with E-state index in [4.69, 9.17) is 4.74 Å². The molecular weight excluding hydrogens is 535 g/mol. The Labute approximate surface area is 245 Å². The molecule has 1 aliphatic heterocycles. The first kappa shape index (κ1) is 38.8. The van der Waals surface area contributed by atoms with Gasteiger partial charge in [-0.1, -0.05) is 41.0 Å². The van der Waals surface area contributed by atoms with Crippen molar-refractivity contribution >= 4 is 17.5 Å². The summed E-state index contributed by atoms with van der Waals surface area (Å²) in [6.07, 6.45) is -0.428. The fraction of sp³-hybridized carbons (Fsp3) is 0.742. The lowest BCUT2D eigenvalue weighted by Gasteiger charge is -2.35. The van der Waals surface area contributed by atoms with Crippen LogP contribution in [0.2, 0.25) is 0 Å². The molecule has 0 radical (unpaired) electrons. The smallest absolute Gasteiger partial charge is 0.395 e. The summed E-state index contributed by atoms with van der Waals surface area (Å²) in [7, 11) is 3.09. The Morgan fingerprint density at radius 1 is 1.15 bits per heavy atom. The number of aliphatic hydroxyl groups is 1. The van der Waals surface area contributed by atoms with Crippen molar-refractivity contribution in [3.05, 3.63) is 28.8 Å². The number of hydrogen-bond acceptors (Lipinski definition) is 5. The minimum atomic E-state index is -4.74. The summed E-state index contributed by atoms with van der Waals surface area (Å²) in [6.45, 7) is 14.8. The van der Waals surface area contributed by atoms with Crippen LogP contribution in [0.5, 0.6) is 0 Å². The summed E-state index contributed by atoms with van der Waals surface area (Å²) in [6, 6.07) is 1.93. The average molecular weight is 590 g/mol. The zero-order valence-corrected chi connectivity index (χ0v) is 26.7. The molecule has 0 saturated carbocycles. The lowest BCUT2D eigenvalue weighted by atomic mass is 9.86. The second-order valence-corrected chi connectivity index (χ2v) is 10.5. The van der Waals surface area contributed by atoms with Gasteiger partial charge in [-0.15, -0.1) is 0 Å². The van der Waals surface area contributed by atoms with Gasteiger partial charge in [0.1, 0.15) is 0 Å². The Bertz CT molecular complexity index is 915. The van der Waals surface area contributed by atoms with E-state index in [1.54, 1.807) is 21.0 Å². The Morgan fingerprint density at radius 3 is 2.22 bits per heavy atom. The van der Waals surface area contributed by atoms with E-state index >= 15 is 0 Å². The van der Waals surface area contributed by atoms with Crippen molar-refractivity contribution in [1.29, 1.82) is 0 Å². The van der Waals surface area contributed by atoms with Crippen LogP contribution < -0.4 is 10.2 Å². The second kappa shape index (κ2) is 19.1. The normalized spacial score (nSPS) is 16.4. The van der Waals surface area contributed by atoms with Crippen LogP contribution in [0.1, 0.15) is 102 Å². The molecule has 2 unspecified atom stereocenters. The molecule has 2 N–H and O–H groups in total. The molecule has 1 aliphatic rings. The third-order valence-electron chi connectivity index (χ3n) is 7.17. The molecule has 2 atom stereocenters. The van der Waals surface area contributed by atoms with Crippen molar-refractivity contribution in [2.24, 2.45) is 5.41 Å². The number of methoxy groups -OCH3 is 1. The number of rotatable bonds is 11. The molecule has 10 heteroatoms. The van der Waals surface area contributed by atoms with E-state index in [0.29, 0.717) is 38.8 Å². The van der Waals surface area contributed by atoms with Crippen LogP contribution in [-0.4, -0.2) is 74.9 Å². The highest BCUT2D eigenvalue weighted by Crippen LogP contribution is 2.38. The molecule has 41 heavy (non-hydrogen) atoms. The SMILES string of the molecule is CC.CCC.CCC(C)(CO)C(=O)N(CCCCOC)c1cc(C(=O)N(C)C2CCCNC2)c(C(F)(F)F)cc1C. The van der Waals surface area contributed by atoms with Crippen molar-refractivity contribution in [1.82, 2.24) is 10.2 Å². The van der Waals surface area contributed by atoms with Crippen molar-refractivity contribution in [2.45, 2.75) is 99.2 Å². The van der Waals surface area contributed by atoms with Gasteiger partial charge in [-0.2, -0.15) is 13.2 Å². The molecule has 1 saturated heterocycles. The quantitative estimate of drug-likeness (QED) is 0.290. The highest BCUT2D eigenvalue weighted by molar-refractivity contribution is 6.01. The number of anilines is 1. The average Bonchev–Trinajstić information content (AvgIpc) is 2.97. The summed E-state index contributed by atoms with van der Waals surface area (Å²) in [5.41, 5.74) is -2.12. The molecule has 1 heterocycles. The number of alkyl halides is 3. The molecule has 0 aromatic heterocycles. The number of hydrogen-bond donors (Lipinski definition) is 2. The molecule has 2 rings (SSSR count). The first-order chi connectivity index (χ1) is 19.3. The number of carbonyl (C=O) groups is 2. The Hall–Kier alpha value is -2.17. The van der Waals surface area contributed by atoms with E-state index in [9.17, 15) is 27.9 Å². The van der Waals surface area contributed by atoms with E-state index in [1.165, 1.54) is 36.3 Å². The summed E-state index contributed by atoms with van der Waals surface area (Å²) < 4.78 is 47.3. The van der Waals surface area contributed by atoms with Gasteiger partial charge in [0.2, 0.25) is 5.91 Å². The van der Waals surface area contributed by atoms with Gasteiger partial charge in [-0.25, -0.2) is 0 Å². The number of unbranched alkanes of at least 4 members (excludes halogenated alkanes) is 1. The minimum absolute atomic E-state index is 0.221. The first-order valence-electron chi connectivity index (χ1n) is 14.9. The fourth-order valence-corrected chi connectivity index (χ4v) is 4.42. The Balaban J connectivity index is 0.00000299. The molecule has 7 nitrogen and oxygen atoms in total. The fourth-order valence-electron chi connectivity index (χ4n) is 4.42. The van der Waals surface area contributed by atoms with E-state index in [2.05, 4.69) is 19.2 Å². The number of aryl methyl sites for hydroxylation is 1. The van der Waals surface area contributed by atoms with Crippen molar-refractivity contribution in [2.75, 3.05) is 51.9 Å². The summed E-state index contributed by atoms with van der Waals surface area (Å²) >= 11 is 0. The number of nitrogens with one attached hydrogen (secondary N) is 1. The van der Waals surface area contributed by atoms with Crippen LogP contribution in [0.15, 0.2) is 12.1 Å². The first-order valence-corrected chi connectivity index (χ1v) is 14.9. The molecule has 1 aromatic rings. The number of likely N-dealkylation sites (N-methyl/N-ethyl adjacent to an activating group) is 1. The number of halogens is 3. The topological polar surface area (TPSA) is 82.1 Å². The van der Waals surface area contributed by atoms with Gasteiger partial charge in [0, 0.05) is 45.6 Å². The maximum atomic E-state index is 14.1. The van der Waals surface area contributed by atoms with Crippen molar-refractivity contribution < 1.29 is 32.6 Å². The highest BCUT2D eigenvalue weighted by Gasteiger charge is 2.40. The summed E-state index contributed by atoms with van der Waals surface area (Å²) in [5, 5.41) is 13.1. The molecule has 2 amide bonds. The molecule has 238 valence electrons. The van der Waals surface area contributed by atoms with Crippen molar-refractivity contribution in [3.63, 3.8) is 0 Å². The maximum Gasteiger partial charge on any atom is 0.417 e. The van der Waals surface area contributed by atoms with Gasteiger partial charge in [0.05, 0.1) is 23.1 Å². The number of carbonyl (C=O) groups excluding carboxylic acids is 2. The number of nitrogens with zero attached hydrogens (tertiary/aromatic N) is 2. The molecule has 0 bridgehead atoms. The molecular formula is C31H54F3N3O4. The van der Waals surface area contributed by atoms with E-state index in [1.807, 2.05) is 13.8 Å². The van der Waals surface area contributed by atoms with Crippen LogP contribution in [0, 0.1) is 12.3 Å². The molecule has 0 spiro atoms. The van der Waals surface area contributed by atoms with Gasteiger partial charge >= 0.3 is 6.18 Å². The zero-order valence-electron chi connectivity index (χ0n) is 26.7. The standard InChI is InChI=1S/C26H40F3N3O4.C3H8.C2H6/c1-6-25(3,17-33)24(35)32(12-7-8-13-36-5)22-15-20(21(14-18(22)2)26(27,28)29)23(34)31(4)19-10-9-11-30-16-19;1-3-2;1-2/h14-15,19,30,33H,6-13,16-17H2,1-5H3;3H2,1-2H3;1-2H3. The van der Waals surface area contributed by atoms with Crippen LogP contribution in [0.25, 0.3) is 0 Å². The number of aliphatic hydroxyl groups excluding tert-OH is 1. The Kier molecular flexibility index (Phi) is 18.1. The zero-order chi connectivity index (χ0) is 31.8. The van der Waals surface area contributed by atoms with Gasteiger partial charge in [0.15, 0.2) is 0 Å². The Morgan fingerprint density at radius 2 is 1.76 bits per heavy atom. The monoisotopic (exact) mass is 589 g/mol. The van der Waals surface area contributed by atoms with Crippen LogP contribution in [0.4, 0.5) is 18.9 Å². The van der Waals surface area contributed by atoms with E-state index in [0.717, 1.165) is 19.0 Å². The van der Waals surface area contributed by atoms with Crippen molar-refractivity contribution in [3.8, 4) is 0 Å². The summed E-state index contributed by atoms with van der Waals surface area (Å²) in [5.74, 6) is -1.12. The number of ether oxygens (including phenoxy) is 1. The van der Waals surface area contributed by atoms with E-state index < -0.39 is 41.1 Å². The summed E-state index contributed by atoms with van der Waals surface area (Å²) in [4.78, 5) is 29.8. The number of amides is 2. The number of benzene rings is 1. The molecule has 0 aliphatic carbocycles. The minimum Gasteiger partial charge on any atom is -0.395 e. The lowest BCUT2D eigenvalue weighted by Crippen LogP contribution is -2.47. The third kappa shape index (κ3) is 11.2. The molecule has 1 fully saturated rings. The van der Waals surface area contributed by atoms with Crippen LogP contribution in [0.3, 0.4) is 0 Å². The predicted octanol–water partition coefficient (Wildman–Crippen LogP) is 6.45. The van der Waals surface area contributed by atoms with Crippen LogP contribution in [-0.2, 0) is 15.7 Å². The van der Waals surface area contributed by atoms with Gasteiger partial charge in [-0.05, 0) is 70.2 Å². The predicted molar refractivity (Wildman–Crippen MR) is 160 cm³/mol. The molecule has 1 aromatic carbocycles. The lowest BCUT2D eigenvalue weighted by molar-refractivity contribution is -0.138. The maximum absolute atomic E-state index is 14.1. The third-order valence-corrected chi connectivity index (χ3v) is 7.17. The van der Waals surface area contributed by atoms with Gasteiger partial charge in [0.25, 0.3) is 5.91 Å².